The number of ketones is 4. The summed E-state index contributed by atoms with van der Waals surface area (Å²) >= 11 is 0. The van der Waals surface area contributed by atoms with Crippen molar-refractivity contribution < 1.29 is 48.8 Å². The molecule has 0 spiro atoms. The first-order valence-electron chi connectivity index (χ1n) is 13.9. The fourth-order valence-corrected chi connectivity index (χ4v) is 7.40. The van der Waals surface area contributed by atoms with Crippen LogP contribution in [0.1, 0.15) is 67.9 Å². The molecule has 1 amide bonds. The van der Waals surface area contributed by atoms with Crippen LogP contribution in [-0.2, 0) is 34.1 Å². The normalized spacial score (nSPS) is 32.7. The molecular weight excluding hydrogens is 548 g/mol. The second-order valence-electron chi connectivity index (χ2n) is 12.6. The Morgan fingerprint density at radius 1 is 1.12 bits per heavy atom. The van der Waals surface area contributed by atoms with Gasteiger partial charge in [-0.3, -0.25) is 33.7 Å². The number of aliphatic hydroxyl groups excluding tert-OH is 1. The maximum absolute atomic E-state index is 14.1. The molecule has 2 saturated carbocycles. The van der Waals surface area contributed by atoms with Gasteiger partial charge in [-0.15, -0.1) is 0 Å². The molecule has 12 nitrogen and oxygen atoms in total. The van der Waals surface area contributed by atoms with Crippen LogP contribution in [0, 0.1) is 23.7 Å². The van der Waals surface area contributed by atoms with E-state index in [4.69, 9.17) is 10.5 Å². The first-order valence-corrected chi connectivity index (χ1v) is 13.9. The molecule has 3 unspecified atom stereocenters. The number of benzene rings is 1. The Balaban J connectivity index is 1.82. The highest BCUT2D eigenvalue weighted by molar-refractivity contribution is 6.32. The standard InChI is InChI=1S/C30H38N2O10/c1-12-14-8-9-15(29(3,4)10-7-11-42-13(2)33)22(34)17(14)23(35)18-16(12)24(36)20-21(32(5)6)25(37)19(28(31)40)27(39)30(20,41)26(18)38/h8-9,12,16,18-21,24,34,36,41H,7,10-11H2,1-6H3,(H2,31,40)/t12-,16+,18?,19?,20+,21?,24-,30-/m0/s1. The molecule has 12 heteroatoms. The minimum atomic E-state index is -3.04. The lowest BCUT2D eigenvalue weighted by Crippen LogP contribution is -2.77. The van der Waals surface area contributed by atoms with Crippen molar-refractivity contribution in [2.45, 2.75) is 69.6 Å². The van der Waals surface area contributed by atoms with Crippen molar-refractivity contribution in [2.24, 2.45) is 29.4 Å². The highest BCUT2D eigenvalue weighted by Crippen LogP contribution is 2.55. The maximum atomic E-state index is 14.1. The summed E-state index contributed by atoms with van der Waals surface area (Å²) in [6.45, 7) is 6.82. The second-order valence-corrected chi connectivity index (χ2v) is 12.6. The van der Waals surface area contributed by atoms with Crippen LogP contribution in [0.4, 0.5) is 0 Å². The molecular formula is C30H38N2O10. The SMILES string of the molecule is CC(=O)OCCCC(C)(C)c1ccc2c(c1O)C(=O)C1C(=O)[C@]3(O)C(=O)C(C(N)=O)C(=O)C(N(C)C)[C@@H]3[C@@H](O)[C@@H]1[C@H]2C. The predicted molar refractivity (Wildman–Crippen MR) is 146 cm³/mol. The van der Waals surface area contributed by atoms with Crippen LogP contribution in [0.2, 0.25) is 0 Å². The van der Waals surface area contributed by atoms with Crippen molar-refractivity contribution >= 4 is 35.0 Å². The Bertz CT molecular complexity index is 1380. The number of fused-ring (bicyclic) bond motifs is 3. The number of rotatable bonds is 7. The number of carbonyl (C=O) groups is 6. The minimum absolute atomic E-state index is 0.146. The molecule has 0 aromatic heterocycles. The number of hydrogen-bond donors (Lipinski definition) is 4. The third-order valence-corrected chi connectivity index (χ3v) is 9.47. The molecule has 0 saturated heterocycles. The number of nitrogens with zero attached hydrogens (tertiary/aromatic N) is 1. The molecule has 0 bridgehead atoms. The van der Waals surface area contributed by atoms with Crippen molar-refractivity contribution in [3.8, 4) is 5.75 Å². The van der Waals surface area contributed by atoms with Crippen LogP contribution in [0.15, 0.2) is 12.1 Å². The number of likely N-dealkylation sites (N-methyl/N-ethyl adjacent to an activating group) is 1. The van der Waals surface area contributed by atoms with Gasteiger partial charge in [-0.05, 0) is 43.8 Å². The Hall–Kier alpha value is -3.48. The van der Waals surface area contributed by atoms with E-state index >= 15 is 0 Å². The molecule has 42 heavy (non-hydrogen) atoms. The van der Waals surface area contributed by atoms with Gasteiger partial charge in [0.15, 0.2) is 34.7 Å². The number of primary amides is 1. The van der Waals surface area contributed by atoms with E-state index in [0.29, 0.717) is 24.0 Å². The topological polar surface area (TPSA) is 202 Å². The zero-order valence-electron chi connectivity index (χ0n) is 24.5. The van der Waals surface area contributed by atoms with Crippen molar-refractivity contribution in [3.05, 3.63) is 28.8 Å². The van der Waals surface area contributed by atoms with Gasteiger partial charge in [0.05, 0.1) is 36.2 Å². The van der Waals surface area contributed by atoms with Crippen LogP contribution in [0.5, 0.6) is 5.75 Å². The molecule has 0 heterocycles. The number of carbonyl (C=O) groups excluding carboxylic acids is 6. The van der Waals surface area contributed by atoms with E-state index in [1.54, 1.807) is 19.1 Å². The molecule has 3 aliphatic rings. The smallest absolute Gasteiger partial charge is 0.302 e. The Kier molecular flexibility index (Phi) is 7.98. The van der Waals surface area contributed by atoms with Gasteiger partial charge in [0.25, 0.3) is 0 Å². The molecule has 0 aliphatic heterocycles. The molecule has 3 aliphatic carbocycles. The van der Waals surface area contributed by atoms with Crippen LogP contribution in [-0.4, -0.2) is 93.7 Å². The molecule has 2 fully saturated rings. The zero-order chi connectivity index (χ0) is 31.6. The summed E-state index contributed by atoms with van der Waals surface area (Å²) in [4.78, 5) is 79.5. The third-order valence-electron chi connectivity index (χ3n) is 9.47. The number of ether oxygens (including phenoxy) is 1. The lowest BCUT2D eigenvalue weighted by Gasteiger charge is -2.56. The van der Waals surface area contributed by atoms with Crippen molar-refractivity contribution in [3.63, 3.8) is 0 Å². The average Bonchev–Trinajstić information content (AvgIpc) is 2.88. The van der Waals surface area contributed by atoms with Gasteiger partial charge in [0.2, 0.25) is 5.91 Å². The van der Waals surface area contributed by atoms with Crippen LogP contribution < -0.4 is 5.73 Å². The van der Waals surface area contributed by atoms with E-state index in [2.05, 4.69) is 0 Å². The molecule has 1 aromatic carbocycles. The Morgan fingerprint density at radius 3 is 2.29 bits per heavy atom. The molecule has 228 valence electrons. The number of phenols is 1. The predicted octanol–water partition coefficient (Wildman–Crippen LogP) is 0.0197. The molecule has 1 aromatic rings. The highest BCUT2D eigenvalue weighted by Gasteiger charge is 2.72. The summed E-state index contributed by atoms with van der Waals surface area (Å²) in [7, 11) is 2.89. The van der Waals surface area contributed by atoms with Gasteiger partial charge in [-0.2, -0.15) is 0 Å². The largest absolute Gasteiger partial charge is 0.507 e. The summed E-state index contributed by atoms with van der Waals surface area (Å²) in [6, 6.07) is 1.90. The fourth-order valence-electron chi connectivity index (χ4n) is 7.40. The second kappa shape index (κ2) is 10.7. The lowest BCUT2D eigenvalue weighted by atomic mass is 9.49. The molecule has 0 radical (unpaired) electrons. The first kappa shape index (κ1) is 31.5. The Labute approximate surface area is 243 Å². The first-order chi connectivity index (χ1) is 19.4. The third kappa shape index (κ3) is 4.47. The molecule has 5 N–H and O–H groups in total. The highest BCUT2D eigenvalue weighted by atomic mass is 16.5. The summed E-state index contributed by atoms with van der Waals surface area (Å²) in [5.41, 5.74) is 2.25. The number of aliphatic hydroxyl groups is 2. The summed E-state index contributed by atoms with van der Waals surface area (Å²) in [5.74, 6) is -14.0. The number of nitrogens with two attached hydrogens (primary N) is 1. The van der Waals surface area contributed by atoms with Gasteiger partial charge in [0.1, 0.15) is 5.75 Å². The van der Waals surface area contributed by atoms with Gasteiger partial charge < -0.3 is 25.8 Å². The zero-order valence-corrected chi connectivity index (χ0v) is 24.5. The van der Waals surface area contributed by atoms with Crippen LogP contribution in [0.3, 0.4) is 0 Å². The van der Waals surface area contributed by atoms with Crippen molar-refractivity contribution in [2.75, 3.05) is 20.7 Å². The van der Waals surface area contributed by atoms with Gasteiger partial charge in [-0.1, -0.05) is 32.9 Å². The summed E-state index contributed by atoms with van der Waals surface area (Å²) in [5, 5.41) is 34.9. The van der Waals surface area contributed by atoms with Crippen LogP contribution in [0.25, 0.3) is 0 Å². The maximum Gasteiger partial charge on any atom is 0.302 e. The monoisotopic (exact) mass is 586 g/mol. The number of amides is 1. The van der Waals surface area contributed by atoms with E-state index in [0.717, 1.165) is 0 Å². The minimum Gasteiger partial charge on any atom is -0.507 e. The van der Waals surface area contributed by atoms with Gasteiger partial charge >= 0.3 is 5.97 Å². The van der Waals surface area contributed by atoms with Crippen LogP contribution >= 0.6 is 0 Å². The van der Waals surface area contributed by atoms with Gasteiger partial charge in [-0.25, -0.2) is 0 Å². The number of aromatic hydroxyl groups is 1. The van der Waals surface area contributed by atoms with E-state index in [1.165, 1.54) is 25.9 Å². The van der Waals surface area contributed by atoms with E-state index in [9.17, 15) is 44.1 Å². The quantitative estimate of drug-likeness (QED) is 0.191. The average molecular weight is 587 g/mol. The van der Waals surface area contributed by atoms with Crippen molar-refractivity contribution in [1.29, 1.82) is 0 Å². The lowest BCUT2D eigenvalue weighted by molar-refractivity contribution is -0.196. The number of hydrogen-bond acceptors (Lipinski definition) is 11. The van der Waals surface area contributed by atoms with E-state index in [-0.39, 0.29) is 17.9 Å². The van der Waals surface area contributed by atoms with Gasteiger partial charge in [0, 0.05) is 18.4 Å². The number of esters is 1. The summed E-state index contributed by atoms with van der Waals surface area (Å²) in [6.07, 6.45) is -0.727. The molecule has 8 atom stereocenters. The Morgan fingerprint density at radius 2 is 1.74 bits per heavy atom. The number of phenolic OH excluding ortho intramolecular Hbond substituents is 1. The summed E-state index contributed by atoms with van der Waals surface area (Å²) < 4.78 is 5.00. The van der Waals surface area contributed by atoms with E-state index in [1.807, 2.05) is 13.8 Å². The number of Topliss-reactive ketones (excluding diaryl/α,β-unsaturated/α-hetero) is 4. The molecule has 4 rings (SSSR count). The van der Waals surface area contributed by atoms with E-state index < -0.39 is 87.8 Å². The van der Waals surface area contributed by atoms with Crippen molar-refractivity contribution in [1.82, 2.24) is 4.90 Å². The fraction of sp³-hybridized carbons (Fsp3) is 0.600.